The van der Waals surface area contributed by atoms with E-state index in [0.29, 0.717) is 30.0 Å². The molecule has 1 aromatic heterocycles. The Bertz CT molecular complexity index is 1050. The molecule has 0 fully saturated rings. The summed E-state index contributed by atoms with van der Waals surface area (Å²) in [6.45, 7) is 7.94. The summed E-state index contributed by atoms with van der Waals surface area (Å²) in [5.74, 6) is -0.807. The lowest BCUT2D eigenvalue weighted by atomic mass is 10.2. The Morgan fingerprint density at radius 2 is 1.64 bits per heavy atom. The molecule has 174 valence electrons. The Morgan fingerprint density at radius 1 is 0.909 bits per heavy atom. The van der Waals surface area contributed by atoms with E-state index in [9.17, 15) is 14.0 Å². The van der Waals surface area contributed by atoms with Crippen LogP contribution in [0.2, 0.25) is 0 Å². The van der Waals surface area contributed by atoms with Crippen molar-refractivity contribution in [3.8, 4) is 0 Å². The summed E-state index contributed by atoms with van der Waals surface area (Å²) in [5, 5.41) is 7.58. The minimum absolute atomic E-state index is 0.224. The van der Waals surface area contributed by atoms with Crippen molar-refractivity contribution in [1.82, 2.24) is 9.80 Å². The summed E-state index contributed by atoms with van der Waals surface area (Å²) < 4.78 is 13.4. The van der Waals surface area contributed by atoms with Crippen molar-refractivity contribution in [3.63, 3.8) is 0 Å². The molecule has 0 radical (unpaired) electrons. The Balaban J connectivity index is 1.68. The Hall–Kier alpha value is -3.23. The molecule has 0 spiro atoms. The molecule has 6 nitrogen and oxygen atoms in total. The molecule has 1 heterocycles. The highest BCUT2D eigenvalue weighted by Gasteiger charge is 2.17. The average Bonchev–Trinajstić information content (AvgIpc) is 3.32. The third kappa shape index (κ3) is 7.40. The van der Waals surface area contributed by atoms with Gasteiger partial charge in [0.2, 0.25) is 0 Å². The number of nitrogens with one attached hydrogen (secondary N) is 2. The lowest BCUT2D eigenvalue weighted by molar-refractivity contribution is 0.102. The molecular formula is C25H29FN4O2S. The number of urea groups is 1. The van der Waals surface area contributed by atoms with E-state index in [0.717, 1.165) is 24.5 Å². The zero-order valence-corrected chi connectivity index (χ0v) is 19.7. The number of rotatable bonds is 10. The number of amides is 3. The minimum atomic E-state index is -0.427. The van der Waals surface area contributed by atoms with Crippen LogP contribution in [0.25, 0.3) is 0 Å². The highest BCUT2D eigenvalue weighted by atomic mass is 32.1. The number of hydrogen-bond donors (Lipinski definition) is 2. The molecule has 8 heteroatoms. The molecule has 0 aliphatic rings. The third-order valence-electron chi connectivity index (χ3n) is 5.25. The van der Waals surface area contributed by atoms with Gasteiger partial charge in [0.15, 0.2) is 0 Å². The summed E-state index contributed by atoms with van der Waals surface area (Å²) in [5.41, 5.74) is 1.25. The van der Waals surface area contributed by atoms with Crippen LogP contribution in [-0.2, 0) is 6.54 Å². The highest BCUT2D eigenvalue weighted by Crippen LogP contribution is 2.17. The van der Waals surface area contributed by atoms with Gasteiger partial charge in [-0.2, -0.15) is 0 Å². The maximum atomic E-state index is 13.4. The fraction of sp³-hybridized carbons (Fsp3) is 0.280. The molecule has 0 saturated carbocycles. The number of hydrogen-bond acceptors (Lipinski definition) is 4. The summed E-state index contributed by atoms with van der Waals surface area (Å²) in [6, 6.07) is 16.2. The summed E-state index contributed by atoms with van der Waals surface area (Å²) in [7, 11) is 0. The second kappa shape index (κ2) is 12.1. The molecule has 2 N–H and O–H groups in total. The molecule has 0 aliphatic heterocycles. The lowest BCUT2D eigenvalue weighted by Crippen LogP contribution is -2.40. The van der Waals surface area contributed by atoms with Crippen LogP contribution in [0.5, 0.6) is 0 Å². The fourth-order valence-corrected chi connectivity index (χ4v) is 4.07. The predicted octanol–water partition coefficient (Wildman–Crippen LogP) is 5.52. The normalized spacial score (nSPS) is 10.8. The first-order valence-electron chi connectivity index (χ1n) is 11.0. The molecule has 0 unspecified atom stereocenters. The molecule has 0 atom stereocenters. The van der Waals surface area contributed by atoms with Gasteiger partial charge in [-0.25, -0.2) is 9.18 Å². The Morgan fingerprint density at radius 3 is 2.30 bits per heavy atom. The first kappa shape index (κ1) is 24.4. The van der Waals surface area contributed by atoms with Gasteiger partial charge in [0, 0.05) is 34.9 Å². The topological polar surface area (TPSA) is 64.7 Å². The number of nitrogens with zero attached hydrogens (tertiary/aromatic N) is 2. The van der Waals surface area contributed by atoms with E-state index in [1.54, 1.807) is 46.6 Å². The predicted molar refractivity (Wildman–Crippen MR) is 132 cm³/mol. The van der Waals surface area contributed by atoms with Gasteiger partial charge >= 0.3 is 6.03 Å². The van der Waals surface area contributed by atoms with Gasteiger partial charge in [-0.3, -0.25) is 4.79 Å². The van der Waals surface area contributed by atoms with Crippen LogP contribution in [0, 0.1) is 5.82 Å². The van der Waals surface area contributed by atoms with Crippen molar-refractivity contribution in [2.45, 2.75) is 20.4 Å². The monoisotopic (exact) mass is 468 g/mol. The second-order valence-electron chi connectivity index (χ2n) is 7.50. The molecule has 3 amide bonds. The number of halogens is 1. The standard InChI is InChI=1S/C25H29FN4O2S/c1-3-29(4-2)13-14-30(18-23-12-7-15-33-23)25(32)28-21-10-5-8-19(16-21)24(31)27-22-11-6-9-20(26)17-22/h5-12,15-17H,3-4,13-14,18H2,1-2H3,(H,27,31)(H,28,32). The van der Waals surface area contributed by atoms with Crippen molar-refractivity contribution >= 4 is 34.6 Å². The van der Waals surface area contributed by atoms with E-state index >= 15 is 0 Å². The Labute approximate surface area is 198 Å². The van der Waals surface area contributed by atoms with E-state index in [4.69, 9.17) is 0 Å². The fourth-order valence-electron chi connectivity index (χ4n) is 3.36. The molecule has 0 bridgehead atoms. The molecule has 3 rings (SSSR count). The van der Waals surface area contributed by atoms with Crippen LogP contribution in [0.1, 0.15) is 29.1 Å². The van der Waals surface area contributed by atoms with Gasteiger partial charge in [0.05, 0.1) is 6.54 Å². The molecule has 2 aromatic carbocycles. The molecule has 0 saturated heterocycles. The van der Waals surface area contributed by atoms with Crippen molar-refractivity contribution in [1.29, 1.82) is 0 Å². The number of likely N-dealkylation sites (N-methyl/N-ethyl adjacent to an activating group) is 1. The van der Waals surface area contributed by atoms with Crippen LogP contribution in [0.4, 0.5) is 20.6 Å². The largest absolute Gasteiger partial charge is 0.322 e. The van der Waals surface area contributed by atoms with Crippen molar-refractivity contribution in [2.75, 3.05) is 36.8 Å². The Kier molecular flexibility index (Phi) is 8.97. The molecule has 3 aromatic rings. The first-order valence-corrected chi connectivity index (χ1v) is 11.8. The SMILES string of the molecule is CCN(CC)CCN(Cc1cccs1)C(=O)Nc1cccc(C(=O)Nc2cccc(F)c2)c1. The third-order valence-corrected chi connectivity index (χ3v) is 6.11. The lowest BCUT2D eigenvalue weighted by Gasteiger charge is -2.26. The van der Waals surface area contributed by atoms with Gasteiger partial charge in [-0.15, -0.1) is 11.3 Å². The summed E-state index contributed by atoms with van der Waals surface area (Å²) in [6.07, 6.45) is 0. The maximum absolute atomic E-state index is 13.4. The zero-order valence-electron chi connectivity index (χ0n) is 18.9. The van der Waals surface area contributed by atoms with E-state index in [-0.39, 0.29) is 11.9 Å². The van der Waals surface area contributed by atoms with Crippen molar-refractivity contribution in [3.05, 3.63) is 82.3 Å². The minimum Gasteiger partial charge on any atom is -0.322 e. The quantitative estimate of drug-likeness (QED) is 0.412. The van der Waals surface area contributed by atoms with Crippen LogP contribution < -0.4 is 10.6 Å². The van der Waals surface area contributed by atoms with E-state index < -0.39 is 5.82 Å². The highest BCUT2D eigenvalue weighted by molar-refractivity contribution is 7.09. The molecule has 33 heavy (non-hydrogen) atoms. The average molecular weight is 469 g/mol. The van der Waals surface area contributed by atoms with Crippen molar-refractivity contribution < 1.29 is 14.0 Å². The van der Waals surface area contributed by atoms with E-state index in [1.807, 2.05) is 17.5 Å². The summed E-state index contributed by atoms with van der Waals surface area (Å²) >= 11 is 1.61. The van der Waals surface area contributed by atoms with Crippen LogP contribution in [-0.4, -0.2) is 47.9 Å². The molecular weight excluding hydrogens is 439 g/mol. The molecule has 0 aliphatic carbocycles. The number of carbonyl (C=O) groups is 2. The van der Waals surface area contributed by atoms with Crippen LogP contribution >= 0.6 is 11.3 Å². The van der Waals surface area contributed by atoms with E-state index in [2.05, 4.69) is 29.4 Å². The number of benzene rings is 2. The van der Waals surface area contributed by atoms with Gasteiger partial charge in [-0.1, -0.05) is 32.0 Å². The van der Waals surface area contributed by atoms with Gasteiger partial charge in [0.25, 0.3) is 5.91 Å². The second-order valence-corrected chi connectivity index (χ2v) is 8.54. The van der Waals surface area contributed by atoms with Gasteiger partial charge < -0.3 is 20.4 Å². The van der Waals surface area contributed by atoms with E-state index in [1.165, 1.54) is 18.2 Å². The zero-order chi connectivity index (χ0) is 23.6. The number of carbonyl (C=O) groups excluding carboxylic acids is 2. The van der Waals surface area contributed by atoms with Crippen LogP contribution in [0.3, 0.4) is 0 Å². The first-order chi connectivity index (χ1) is 16.0. The van der Waals surface area contributed by atoms with Gasteiger partial charge in [0.1, 0.15) is 5.82 Å². The number of anilines is 2. The maximum Gasteiger partial charge on any atom is 0.322 e. The summed E-state index contributed by atoms with van der Waals surface area (Å²) in [4.78, 5) is 30.8. The number of thiophene rings is 1. The smallest absolute Gasteiger partial charge is 0.322 e. The van der Waals surface area contributed by atoms with Crippen LogP contribution in [0.15, 0.2) is 66.0 Å². The van der Waals surface area contributed by atoms with Crippen molar-refractivity contribution in [2.24, 2.45) is 0 Å². The van der Waals surface area contributed by atoms with Gasteiger partial charge in [-0.05, 0) is 60.9 Å².